The van der Waals surface area contributed by atoms with Crippen molar-refractivity contribution < 1.29 is 9.90 Å². The van der Waals surface area contributed by atoms with Gasteiger partial charge < -0.3 is 15.4 Å². The maximum Gasteiger partial charge on any atom is 0.220 e. The number of nitrogens with zero attached hydrogens (tertiary/aromatic N) is 1. The van der Waals surface area contributed by atoms with Crippen LogP contribution in [0.1, 0.15) is 23.5 Å². The highest BCUT2D eigenvalue weighted by molar-refractivity contribution is 5.76. The van der Waals surface area contributed by atoms with Gasteiger partial charge in [0.15, 0.2) is 0 Å². The van der Waals surface area contributed by atoms with Crippen molar-refractivity contribution in [2.45, 2.75) is 25.9 Å². The minimum absolute atomic E-state index is 0.0288. The molecule has 2 rings (SSSR count). The molecule has 1 heterocycles. The van der Waals surface area contributed by atoms with Crippen LogP contribution in [0.5, 0.6) is 0 Å². The highest BCUT2D eigenvalue weighted by Gasteiger charge is 2.04. The summed E-state index contributed by atoms with van der Waals surface area (Å²) in [5.41, 5.74) is 2.08. The number of rotatable bonds is 7. The molecular formula is C15H19N3O2. The second kappa shape index (κ2) is 7.45. The molecule has 0 unspecified atom stereocenters. The zero-order valence-electron chi connectivity index (χ0n) is 11.3. The van der Waals surface area contributed by atoms with Gasteiger partial charge in [-0.1, -0.05) is 30.3 Å². The molecule has 0 aliphatic heterocycles. The number of hydrogen-bond donors (Lipinski definition) is 3. The SMILES string of the molecule is O=C(CCc1cnc(CO)[nH]1)NCCc1ccccc1. The molecule has 0 saturated heterocycles. The number of hydrogen-bond acceptors (Lipinski definition) is 3. The third-order valence-electron chi connectivity index (χ3n) is 3.03. The van der Waals surface area contributed by atoms with E-state index in [2.05, 4.69) is 15.3 Å². The number of aromatic amines is 1. The summed E-state index contributed by atoms with van der Waals surface area (Å²) in [6, 6.07) is 10.1. The molecule has 20 heavy (non-hydrogen) atoms. The predicted octanol–water partition coefficient (Wildman–Crippen LogP) is 1.19. The van der Waals surface area contributed by atoms with Gasteiger partial charge >= 0.3 is 0 Å². The Labute approximate surface area is 118 Å². The van der Waals surface area contributed by atoms with Crippen LogP contribution >= 0.6 is 0 Å². The maximum atomic E-state index is 11.7. The minimum Gasteiger partial charge on any atom is -0.388 e. The Morgan fingerprint density at radius 1 is 1.25 bits per heavy atom. The standard InChI is InChI=1S/C15H19N3O2/c19-11-14-17-10-13(18-14)6-7-15(20)16-9-8-12-4-2-1-3-5-12/h1-5,10,19H,6-9,11H2,(H,16,20)(H,17,18). The van der Waals surface area contributed by atoms with Crippen molar-refractivity contribution in [1.82, 2.24) is 15.3 Å². The first-order valence-electron chi connectivity index (χ1n) is 6.72. The number of amides is 1. The third kappa shape index (κ3) is 4.51. The lowest BCUT2D eigenvalue weighted by Crippen LogP contribution is -2.25. The fourth-order valence-corrected chi connectivity index (χ4v) is 1.94. The van der Waals surface area contributed by atoms with Crippen molar-refractivity contribution >= 4 is 5.91 Å². The molecule has 1 amide bonds. The molecule has 5 heteroatoms. The first-order valence-corrected chi connectivity index (χ1v) is 6.72. The number of imidazole rings is 1. The van der Waals surface area contributed by atoms with Crippen LogP contribution in [0.4, 0.5) is 0 Å². The van der Waals surface area contributed by atoms with Gasteiger partial charge in [0.1, 0.15) is 12.4 Å². The summed E-state index contributed by atoms with van der Waals surface area (Å²) in [6.45, 7) is 0.539. The second-order valence-corrected chi connectivity index (χ2v) is 4.60. The van der Waals surface area contributed by atoms with Crippen LogP contribution in [-0.2, 0) is 24.2 Å². The lowest BCUT2D eigenvalue weighted by Gasteiger charge is -2.04. The number of nitrogens with one attached hydrogen (secondary N) is 2. The fraction of sp³-hybridized carbons (Fsp3) is 0.333. The zero-order chi connectivity index (χ0) is 14.2. The van der Waals surface area contributed by atoms with Gasteiger partial charge in [0, 0.05) is 24.9 Å². The van der Waals surface area contributed by atoms with Crippen LogP contribution in [0.2, 0.25) is 0 Å². The smallest absolute Gasteiger partial charge is 0.220 e. The highest BCUT2D eigenvalue weighted by atomic mass is 16.3. The average Bonchev–Trinajstić information content (AvgIpc) is 2.94. The lowest BCUT2D eigenvalue weighted by molar-refractivity contribution is -0.121. The monoisotopic (exact) mass is 273 g/mol. The highest BCUT2D eigenvalue weighted by Crippen LogP contribution is 2.01. The van der Waals surface area contributed by atoms with Crippen molar-refractivity contribution in [2.75, 3.05) is 6.54 Å². The number of benzene rings is 1. The summed E-state index contributed by atoms with van der Waals surface area (Å²) in [5.74, 6) is 0.561. The molecular weight excluding hydrogens is 254 g/mol. The Morgan fingerprint density at radius 2 is 2.05 bits per heavy atom. The molecule has 0 atom stereocenters. The maximum absolute atomic E-state index is 11.7. The van der Waals surface area contributed by atoms with Crippen molar-refractivity contribution in [2.24, 2.45) is 0 Å². The minimum atomic E-state index is -0.108. The van der Waals surface area contributed by atoms with Crippen LogP contribution in [0, 0.1) is 0 Å². The second-order valence-electron chi connectivity index (χ2n) is 4.60. The molecule has 5 nitrogen and oxygen atoms in total. The Bertz CT molecular complexity index is 537. The number of aliphatic hydroxyl groups excluding tert-OH is 1. The Morgan fingerprint density at radius 3 is 2.75 bits per heavy atom. The van der Waals surface area contributed by atoms with Crippen LogP contribution < -0.4 is 5.32 Å². The van der Waals surface area contributed by atoms with E-state index in [4.69, 9.17) is 5.11 Å². The van der Waals surface area contributed by atoms with Crippen LogP contribution in [0.25, 0.3) is 0 Å². The van der Waals surface area contributed by atoms with Gasteiger partial charge in [-0.05, 0) is 18.4 Å². The van der Waals surface area contributed by atoms with E-state index in [1.54, 1.807) is 6.20 Å². The van der Waals surface area contributed by atoms with Crippen molar-refractivity contribution in [3.8, 4) is 0 Å². The van der Waals surface area contributed by atoms with Gasteiger partial charge in [0.2, 0.25) is 5.91 Å². The van der Waals surface area contributed by atoms with Crippen LogP contribution in [-0.4, -0.2) is 27.5 Å². The molecule has 2 aromatic rings. The van der Waals surface area contributed by atoms with E-state index < -0.39 is 0 Å². The lowest BCUT2D eigenvalue weighted by atomic mass is 10.1. The quantitative estimate of drug-likeness (QED) is 0.709. The number of aryl methyl sites for hydroxylation is 1. The topological polar surface area (TPSA) is 78.0 Å². The predicted molar refractivity (Wildman–Crippen MR) is 76.0 cm³/mol. The molecule has 106 valence electrons. The molecule has 0 radical (unpaired) electrons. The van der Waals surface area contributed by atoms with E-state index in [9.17, 15) is 4.79 Å². The van der Waals surface area contributed by atoms with Crippen molar-refractivity contribution in [3.05, 3.63) is 53.6 Å². The molecule has 1 aromatic carbocycles. The normalized spacial score (nSPS) is 10.4. The van der Waals surface area contributed by atoms with Gasteiger partial charge in [-0.25, -0.2) is 4.98 Å². The molecule has 0 saturated carbocycles. The van der Waals surface area contributed by atoms with E-state index in [-0.39, 0.29) is 12.5 Å². The van der Waals surface area contributed by atoms with Crippen LogP contribution in [0.15, 0.2) is 36.5 Å². The van der Waals surface area contributed by atoms with Gasteiger partial charge in [-0.2, -0.15) is 0 Å². The van der Waals surface area contributed by atoms with Gasteiger partial charge in [0.05, 0.1) is 0 Å². The van der Waals surface area contributed by atoms with Gasteiger partial charge in [-0.3, -0.25) is 4.79 Å². The summed E-state index contributed by atoms with van der Waals surface area (Å²) in [5, 5.41) is 11.8. The summed E-state index contributed by atoms with van der Waals surface area (Å²) < 4.78 is 0. The Hall–Kier alpha value is -2.14. The average molecular weight is 273 g/mol. The summed E-state index contributed by atoms with van der Waals surface area (Å²) >= 11 is 0. The molecule has 0 bridgehead atoms. The van der Waals surface area contributed by atoms with Gasteiger partial charge in [-0.15, -0.1) is 0 Å². The first kappa shape index (κ1) is 14.3. The fourth-order valence-electron chi connectivity index (χ4n) is 1.94. The number of carbonyl (C=O) groups is 1. The summed E-state index contributed by atoms with van der Waals surface area (Å²) in [4.78, 5) is 18.6. The first-order chi connectivity index (χ1) is 9.78. The number of H-pyrrole nitrogens is 1. The molecule has 0 aliphatic rings. The summed E-state index contributed by atoms with van der Waals surface area (Å²) in [7, 11) is 0. The zero-order valence-corrected chi connectivity index (χ0v) is 11.3. The van der Waals surface area contributed by atoms with E-state index in [0.717, 1.165) is 12.1 Å². The van der Waals surface area contributed by atoms with E-state index in [1.807, 2.05) is 30.3 Å². The molecule has 0 spiro atoms. The number of aliphatic hydroxyl groups is 1. The van der Waals surface area contributed by atoms with E-state index >= 15 is 0 Å². The molecule has 1 aromatic heterocycles. The van der Waals surface area contributed by atoms with E-state index in [0.29, 0.717) is 25.2 Å². The van der Waals surface area contributed by atoms with Crippen molar-refractivity contribution in [3.63, 3.8) is 0 Å². The molecule has 3 N–H and O–H groups in total. The van der Waals surface area contributed by atoms with E-state index in [1.165, 1.54) is 5.56 Å². The Kier molecular flexibility index (Phi) is 5.32. The Balaban J connectivity index is 1.65. The van der Waals surface area contributed by atoms with Crippen molar-refractivity contribution in [1.29, 1.82) is 0 Å². The van der Waals surface area contributed by atoms with Gasteiger partial charge in [0.25, 0.3) is 0 Å². The third-order valence-corrected chi connectivity index (χ3v) is 3.03. The number of aromatic nitrogens is 2. The number of carbonyl (C=O) groups excluding carboxylic acids is 1. The van der Waals surface area contributed by atoms with Crippen LogP contribution in [0.3, 0.4) is 0 Å². The summed E-state index contributed by atoms with van der Waals surface area (Å²) in [6.07, 6.45) is 3.51. The molecule has 0 fully saturated rings. The molecule has 0 aliphatic carbocycles. The largest absolute Gasteiger partial charge is 0.388 e.